The predicted octanol–water partition coefficient (Wildman–Crippen LogP) is 14.7. The number of benzene rings is 3. The molecule has 0 bridgehead atoms. The summed E-state index contributed by atoms with van der Waals surface area (Å²) in [6.45, 7) is 13.3. The van der Waals surface area contributed by atoms with Crippen LogP contribution in [-0.4, -0.2) is 6.04 Å². The van der Waals surface area contributed by atoms with E-state index in [4.69, 9.17) is 0 Å². The van der Waals surface area contributed by atoms with E-state index in [1.807, 2.05) is 6.08 Å². The fourth-order valence-corrected chi connectivity index (χ4v) is 9.11. The molecule has 1 unspecified atom stereocenters. The number of allylic oxidation sites excluding steroid dienone is 23. The van der Waals surface area contributed by atoms with Crippen molar-refractivity contribution in [2.24, 2.45) is 0 Å². The van der Waals surface area contributed by atoms with Gasteiger partial charge in [-0.2, -0.15) is 0 Å². The van der Waals surface area contributed by atoms with Crippen LogP contribution in [0.25, 0.3) is 0 Å². The van der Waals surface area contributed by atoms with E-state index in [9.17, 15) is 0 Å². The van der Waals surface area contributed by atoms with Gasteiger partial charge in [0.05, 0.1) is 6.04 Å². The van der Waals surface area contributed by atoms with Crippen LogP contribution in [0, 0.1) is 0 Å². The minimum atomic E-state index is -0.108. The third-order valence-corrected chi connectivity index (χ3v) is 12.1. The van der Waals surface area contributed by atoms with Crippen LogP contribution in [0.5, 0.6) is 0 Å². The summed E-state index contributed by atoms with van der Waals surface area (Å²) in [5.74, 6) is 0. The molecule has 0 saturated carbocycles. The zero-order valence-corrected chi connectivity index (χ0v) is 35.2. The Bertz CT molecular complexity index is 2540. The Balaban J connectivity index is 1.13. The van der Waals surface area contributed by atoms with Gasteiger partial charge >= 0.3 is 0 Å². The molecular weight excluding hydrogens is 725 g/mol. The van der Waals surface area contributed by atoms with Crippen molar-refractivity contribution in [2.75, 3.05) is 9.80 Å². The molecular formula is C58H56N2. The van der Waals surface area contributed by atoms with Gasteiger partial charge in [0.25, 0.3) is 0 Å². The molecule has 0 aromatic heterocycles. The maximum absolute atomic E-state index is 4.46. The summed E-state index contributed by atoms with van der Waals surface area (Å²) in [4.78, 5) is 4.82. The maximum atomic E-state index is 4.46. The second kappa shape index (κ2) is 18.5. The first-order chi connectivity index (χ1) is 29.4. The van der Waals surface area contributed by atoms with Crippen molar-refractivity contribution in [2.45, 2.75) is 63.8 Å². The maximum Gasteiger partial charge on any atom is 0.0712 e. The van der Waals surface area contributed by atoms with E-state index >= 15 is 0 Å². The van der Waals surface area contributed by atoms with Crippen molar-refractivity contribution in [3.05, 3.63) is 275 Å². The zero-order chi connectivity index (χ0) is 41.3. The van der Waals surface area contributed by atoms with E-state index in [1.165, 1.54) is 55.9 Å². The third kappa shape index (κ3) is 8.84. The minimum absolute atomic E-state index is 0.00232. The number of para-hydroxylation sites is 1. The standard InChI is InChI=1S/C58H56N2/c1-5-21-56-48(27-13-8-10-22-44(2)59(56)50-29-14-9-15-30-50)39-36-45-25-18-31-51(40-37-45)60(52-32-19-26-47(38-41-52)42-46-23-11-6-7-12-24-46)57-35-20-34-55-53(57)43-49-28-16-17-33-54(49)58(55,3)4/h5-18,20-23,25-26,28-35,37-41,51H,1-2,19,24,27,36,42-43H2,3-4H3/b13-8-,22-10-,48-39-,56-21?. The molecule has 3 aromatic rings. The largest absolute Gasteiger partial charge is 0.331 e. The topological polar surface area (TPSA) is 6.48 Å². The zero-order valence-electron chi connectivity index (χ0n) is 35.2. The molecule has 60 heavy (non-hydrogen) atoms. The average Bonchev–Trinajstić information content (AvgIpc) is 3.75. The lowest BCUT2D eigenvalue weighted by molar-refractivity contribution is 0.610. The first-order valence-corrected chi connectivity index (χ1v) is 21.4. The van der Waals surface area contributed by atoms with Crippen LogP contribution >= 0.6 is 0 Å². The molecule has 0 fully saturated rings. The lowest BCUT2D eigenvalue weighted by Gasteiger charge is -2.40. The van der Waals surface area contributed by atoms with Crippen LogP contribution in [0.4, 0.5) is 11.4 Å². The van der Waals surface area contributed by atoms with Crippen molar-refractivity contribution < 1.29 is 0 Å². The van der Waals surface area contributed by atoms with E-state index < -0.39 is 0 Å². The lowest BCUT2D eigenvalue weighted by Crippen LogP contribution is -2.34. The Labute approximate surface area is 358 Å². The molecule has 3 aromatic carbocycles. The van der Waals surface area contributed by atoms with E-state index in [2.05, 4.69) is 231 Å². The van der Waals surface area contributed by atoms with Crippen LogP contribution in [0.3, 0.4) is 0 Å². The summed E-state index contributed by atoms with van der Waals surface area (Å²) in [5.41, 5.74) is 16.4. The SMILES string of the molecule is C=CC=C1/C(=C\CC2=CC=CC(N(C3=CCC=C(CC4=CC=CC=CC4)C=C3)c3cccc4c3Cc3ccccc3C4(C)C)C=C2)C/C=C\C=C/C(=C)N1c1ccccc1. The smallest absolute Gasteiger partial charge is 0.0712 e. The van der Waals surface area contributed by atoms with Gasteiger partial charge in [-0.15, -0.1) is 0 Å². The first-order valence-electron chi connectivity index (χ1n) is 21.4. The number of anilines is 2. The molecule has 2 nitrogen and oxygen atoms in total. The number of hydrogen-bond acceptors (Lipinski definition) is 2. The highest BCUT2D eigenvalue weighted by molar-refractivity contribution is 5.70. The van der Waals surface area contributed by atoms with E-state index in [0.29, 0.717) is 0 Å². The van der Waals surface area contributed by atoms with Crippen LogP contribution < -0.4 is 9.80 Å². The molecule has 5 aliphatic rings. The van der Waals surface area contributed by atoms with Gasteiger partial charge in [-0.05, 0) is 108 Å². The fraction of sp³-hybridized carbons (Fsp3) is 0.172. The van der Waals surface area contributed by atoms with Crippen molar-refractivity contribution in [3.63, 3.8) is 0 Å². The molecule has 0 N–H and O–H groups in total. The average molecular weight is 781 g/mol. The lowest BCUT2D eigenvalue weighted by atomic mass is 9.68. The fourth-order valence-electron chi connectivity index (χ4n) is 9.11. The van der Waals surface area contributed by atoms with Gasteiger partial charge in [-0.3, -0.25) is 0 Å². The molecule has 0 amide bonds. The highest BCUT2D eigenvalue weighted by Crippen LogP contribution is 2.45. The van der Waals surface area contributed by atoms with Gasteiger partial charge in [0.2, 0.25) is 0 Å². The number of nitrogens with zero attached hydrogens (tertiary/aromatic N) is 2. The highest BCUT2D eigenvalue weighted by atomic mass is 15.2. The van der Waals surface area contributed by atoms with Crippen molar-refractivity contribution in [1.29, 1.82) is 0 Å². The van der Waals surface area contributed by atoms with Gasteiger partial charge in [0, 0.05) is 40.3 Å². The third-order valence-electron chi connectivity index (χ3n) is 12.1. The second-order valence-corrected chi connectivity index (χ2v) is 16.5. The molecule has 2 heteroatoms. The number of rotatable bonds is 9. The second-order valence-electron chi connectivity index (χ2n) is 16.5. The monoisotopic (exact) mass is 780 g/mol. The summed E-state index contributed by atoms with van der Waals surface area (Å²) in [5, 5.41) is 0. The van der Waals surface area contributed by atoms with E-state index in [1.54, 1.807) is 0 Å². The summed E-state index contributed by atoms with van der Waals surface area (Å²) in [6, 6.07) is 26.5. The van der Waals surface area contributed by atoms with E-state index in [0.717, 1.165) is 55.6 Å². The first kappa shape index (κ1) is 40.2. The Hall–Kier alpha value is -6.64. The van der Waals surface area contributed by atoms with Gasteiger partial charge < -0.3 is 9.80 Å². The summed E-state index contributed by atoms with van der Waals surface area (Å²) >= 11 is 0. The van der Waals surface area contributed by atoms with Crippen LogP contribution in [0.15, 0.2) is 253 Å². The van der Waals surface area contributed by atoms with Crippen LogP contribution in [-0.2, 0) is 11.8 Å². The predicted molar refractivity (Wildman–Crippen MR) is 258 cm³/mol. The summed E-state index contributed by atoms with van der Waals surface area (Å²) < 4.78 is 0. The number of fused-ring (bicyclic) bond motifs is 2. The molecule has 4 aliphatic carbocycles. The number of hydrogen-bond donors (Lipinski definition) is 0. The summed E-state index contributed by atoms with van der Waals surface area (Å²) in [6.07, 6.45) is 52.3. The van der Waals surface area contributed by atoms with Gasteiger partial charge in [0.15, 0.2) is 0 Å². The Morgan fingerprint density at radius 1 is 0.750 bits per heavy atom. The van der Waals surface area contributed by atoms with E-state index in [-0.39, 0.29) is 11.5 Å². The molecule has 298 valence electrons. The van der Waals surface area contributed by atoms with Crippen molar-refractivity contribution in [3.8, 4) is 0 Å². The van der Waals surface area contributed by atoms with Crippen LogP contribution in [0.1, 0.15) is 68.2 Å². The normalized spacial score (nSPS) is 21.8. The molecule has 8 rings (SSSR count). The molecule has 1 aliphatic heterocycles. The minimum Gasteiger partial charge on any atom is -0.331 e. The Morgan fingerprint density at radius 3 is 2.45 bits per heavy atom. The van der Waals surface area contributed by atoms with Crippen LogP contribution in [0.2, 0.25) is 0 Å². The highest BCUT2D eigenvalue weighted by Gasteiger charge is 2.35. The van der Waals surface area contributed by atoms with Gasteiger partial charge in [0.1, 0.15) is 0 Å². The molecule has 1 atom stereocenters. The molecule has 0 saturated heterocycles. The Kier molecular flexibility index (Phi) is 12.4. The van der Waals surface area contributed by atoms with Crippen molar-refractivity contribution >= 4 is 11.4 Å². The Morgan fingerprint density at radius 2 is 1.57 bits per heavy atom. The quantitative estimate of drug-likeness (QED) is 0.213. The van der Waals surface area contributed by atoms with Crippen molar-refractivity contribution in [1.82, 2.24) is 0 Å². The van der Waals surface area contributed by atoms with Gasteiger partial charge in [-0.1, -0.05) is 197 Å². The summed E-state index contributed by atoms with van der Waals surface area (Å²) in [7, 11) is 0. The molecule has 0 spiro atoms. The molecule has 1 heterocycles. The molecule has 0 radical (unpaired) electrons. The van der Waals surface area contributed by atoms with Gasteiger partial charge in [-0.25, -0.2) is 0 Å².